The van der Waals surface area contributed by atoms with Crippen LogP contribution in [-0.2, 0) is 11.3 Å². The minimum Gasteiger partial charge on any atom is -0.494 e. The van der Waals surface area contributed by atoms with E-state index in [2.05, 4.69) is 15.2 Å². The highest BCUT2D eigenvalue weighted by Crippen LogP contribution is 2.25. The molecule has 5 nitrogen and oxygen atoms in total. The Labute approximate surface area is 140 Å². The van der Waals surface area contributed by atoms with Crippen molar-refractivity contribution in [3.63, 3.8) is 0 Å². The molecule has 1 aromatic carbocycles. The molecule has 1 amide bonds. The molecule has 1 fully saturated rings. The van der Waals surface area contributed by atoms with Gasteiger partial charge in [0.2, 0.25) is 5.91 Å². The predicted octanol–water partition coefficient (Wildman–Crippen LogP) is 2.83. The van der Waals surface area contributed by atoms with Gasteiger partial charge < -0.3 is 10.1 Å². The number of likely N-dealkylation sites (tertiary alicyclic amines) is 1. The van der Waals surface area contributed by atoms with Crippen LogP contribution < -0.4 is 10.1 Å². The van der Waals surface area contributed by atoms with E-state index >= 15 is 0 Å². The number of carbonyl (C=O) groups excluding carboxylic acids is 1. The van der Waals surface area contributed by atoms with Crippen molar-refractivity contribution >= 4 is 11.6 Å². The van der Waals surface area contributed by atoms with E-state index in [9.17, 15) is 9.18 Å². The zero-order valence-corrected chi connectivity index (χ0v) is 13.5. The standard InChI is InChI=1S/C18H20FN3O2/c1-24-17-8-9-20-11-15(17)21-18(23)16-3-2-10-22(16)12-13-4-6-14(19)7-5-13/h4-9,11,16H,2-3,10,12H2,1H3,(H,21,23)/t16-/m0/s1. The first-order valence-electron chi connectivity index (χ1n) is 7.95. The third-order valence-corrected chi connectivity index (χ3v) is 4.22. The van der Waals surface area contributed by atoms with Gasteiger partial charge in [0.05, 0.1) is 19.3 Å². The second-order valence-electron chi connectivity index (χ2n) is 5.82. The molecule has 3 rings (SSSR count). The van der Waals surface area contributed by atoms with Crippen LogP contribution in [0.3, 0.4) is 0 Å². The number of halogens is 1. The van der Waals surface area contributed by atoms with Crippen LogP contribution in [0.5, 0.6) is 5.75 Å². The third-order valence-electron chi connectivity index (χ3n) is 4.22. The van der Waals surface area contributed by atoms with E-state index in [-0.39, 0.29) is 17.8 Å². The van der Waals surface area contributed by atoms with E-state index in [1.807, 2.05) is 0 Å². The average molecular weight is 329 g/mol. The highest BCUT2D eigenvalue weighted by molar-refractivity contribution is 5.96. The largest absolute Gasteiger partial charge is 0.494 e. The maximum atomic E-state index is 13.0. The molecule has 0 unspecified atom stereocenters. The van der Waals surface area contributed by atoms with Crippen LogP contribution in [-0.4, -0.2) is 35.5 Å². The fourth-order valence-electron chi connectivity index (χ4n) is 3.01. The van der Waals surface area contributed by atoms with Gasteiger partial charge in [-0.05, 0) is 37.1 Å². The molecule has 0 saturated carbocycles. The summed E-state index contributed by atoms with van der Waals surface area (Å²) in [5, 5.41) is 2.90. The average Bonchev–Trinajstić information content (AvgIpc) is 3.05. The van der Waals surface area contributed by atoms with Crippen LogP contribution in [0, 0.1) is 5.82 Å². The Morgan fingerprint density at radius 3 is 2.92 bits per heavy atom. The summed E-state index contributed by atoms with van der Waals surface area (Å²) < 4.78 is 18.3. The second kappa shape index (κ2) is 7.40. The van der Waals surface area contributed by atoms with Crippen LogP contribution in [0.1, 0.15) is 18.4 Å². The fraction of sp³-hybridized carbons (Fsp3) is 0.333. The molecule has 1 N–H and O–H groups in total. The minimum absolute atomic E-state index is 0.0686. The molecule has 2 heterocycles. The Kier molecular flexibility index (Phi) is 5.05. The summed E-state index contributed by atoms with van der Waals surface area (Å²) in [7, 11) is 1.56. The van der Waals surface area contributed by atoms with Gasteiger partial charge in [-0.1, -0.05) is 12.1 Å². The molecule has 6 heteroatoms. The number of benzene rings is 1. The monoisotopic (exact) mass is 329 g/mol. The number of anilines is 1. The van der Waals surface area contributed by atoms with Crippen molar-refractivity contribution in [3.8, 4) is 5.75 Å². The Balaban J connectivity index is 1.68. The molecule has 24 heavy (non-hydrogen) atoms. The number of ether oxygens (including phenoxy) is 1. The lowest BCUT2D eigenvalue weighted by molar-refractivity contribution is -0.120. The van der Waals surface area contributed by atoms with Crippen molar-refractivity contribution in [2.45, 2.75) is 25.4 Å². The number of nitrogens with one attached hydrogen (secondary N) is 1. The van der Waals surface area contributed by atoms with Gasteiger partial charge >= 0.3 is 0 Å². The van der Waals surface area contributed by atoms with Gasteiger partial charge in [0, 0.05) is 18.8 Å². The molecule has 2 aromatic rings. The van der Waals surface area contributed by atoms with E-state index in [1.54, 1.807) is 37.7 Å². The number of carbonyl (C=O) groups is 1. The Morgan fingerprint density at radius 1 is 1.38 bits per heavy atom. The molecule has 0 aliphatic carbocycles. The molecule has 1 aromatic heterocycles. The number of methoxy groups -OCH3 is 1. The maximum Gasteiger partial charge on any atom is 0.241 e. The first-order chi connectivity index (χ1) is 11.7. The summed E-state index contributed by atoms with van der Waals surface area (Å²) in [5.41, 5.74) is 1.56. The Hall–Kier alpha value is -2.47. The zero-order chi connectivity index (χ0) is 16.9. The second-order valence-corrected chi connectivity index (χ2v) is 5.82. The molecule has 0 spiro atoms. The van der Waals surface area contributed by atoms with Crippen molar-refractivity contribution in [1.29, 1.82) is 0 Å². The van der Waals surface area contributed by atoms with E-state index in [0.29, 0.717) is 18.0 Å². The highest BCUT2D eigenvalue weighted by atomic mass is 19.1. The molecule has 1 saturated heterocycles. The topological polar surface area (TPSA) is 54.5 Å². The maximum absolute atomic E-state index is 13.0. The lowest BCUT2D eigenvalue weighted by Crippen LogP contribution is -2.39. The van der Waals surface area contributed by atoms with Crippen molar-refractivity contribution in [3.05, 3.63) is 54.1 Å². The fourth-order valence-corrected chi connectivity index (χ4v) is 3.01. The summed E-state index contributed by atoms with van der Waals surface area (Å²) in [4.78, 5) is 18.8. The number of nitrogens with zero attached hydrogens (tertiary/aromatic N) is 2. The molecule has 126 valence electrons. The van der Waals surface area contributed by atoms with Gasteiger partial charge in [-0.3, -0.25) is 14.7 Å². The molecule has 0 bridgehead atoms. The Bertz CT molecular complexity index is 706. The molecule has 1 atom stereocenters. The van der Waals surface area contributed by atoms with Crippen molar-refractivity contribution < 1.29 is 13.9 Å². The summed E-state index contributed by atoms with van der Waals surface area (Å²) in [5.74, 6) is 0.264. The highest BCUT2D eigenvalue weighted by Gasteiger charge is 2.31. The van der Waals surface area contributed by atoms with Gasteiger partial charge in [0.1, 0.15) is 17.3 Å². The molecule has 1 aliphatic rings. The van der Waals surface area contributed by atoms with Crippen LogP contribution in [0.2, 0.25) is 0 Å². The van der Waals surface area contributed by atoms with Crippen molar-refractivity contribution in [2.24, 2.45) is 0 Å². The molecular weight excluding hydrogens is 309 g/mol. The first kappa shape index (κ1) is 16.4. The lowest BCUT2D eigenvalue weighted by atomic mass is 10.1. The van der Waals surface area contributed by atoms with Gasteiger partial charge in [-0.15, -0.1) is 0 Å². The summed E-state index contributed by atoms with van der Waals surface area (Å²) in [6, 6.07) is 7.90. The van der Waals surface area contributed by atoms with E-state index < -0.39 is 0 Å². The van der Waals surface area contributed by atoms with Gasteiger partial charge in [-0.2, -0.15) is 0 Å². The van der Waals surface area contributed by atoms with Crippen LogP contribution in [0.25, 0.3) is 0 Å². The van der Waals surface area contributed by atoms with Crippen LogP contribution >= 0.6 is 0 Å². The number of aromatic nitrogens is 1. The lowest BCUT2D eigenvalue weighted by Gasteiger charge is -2.24. The van der Waals surface area contributed by atoms with E-state index in [0.717, 1.165) is 24.9 Å². The Morgan fingerprint density at radius 2 is 2.17 bits per heavy atom. The SMILES string of the molecule is COc1ccncc1NC(=O)[C@@H]1CCCN1Cc1ccc(F)cc1. The number of pyridine rings is 1. The third kappa shape index (κ3) is 3.71. The predicted molar refractivity (Wildman–Crippen MR) is 89.3 cm³/mol. The summed E-state index contributed by atoms with van der Waals surface area (Å²) >= 11 is 0. The zero-order valence-electron chi connectivity index (χ0n) is 13.5. The van der Waals surface area contributed by atoms with Crippen molar-refractivity contribution in [2.75, 3.05) is 19.0 Å². The van der Waals surface area contributed by atoms with E-state index in [4.69, 9.17) is 4.74 Å². The smallest absolute Gasteiger partial charge is 0.241 e. The number of rotatable bonds is 5. The van der Waals surface area contributed by atoms with Crippen LogP contribution in [0.4, 0.5) is 10.1 Å². The summed E-state index contributed by atoms with van der Waals surface area (Å²) in [6.45, 7) is 1.47. The van der Waals surface area contributed by atoms with Gasteiger partial charge in [0.15, 0.2) is 0 Å². The summed E-state index contributed by atoms with van der Waals surface area (Å²) in [6.07, 6.45) is 4.96. The normalized spacial score (nSPS) is 17.7. The minimum atomic E-state index is -0.252. The number of hydrogen-bond donors (Lipinski definition) is 1. The van der Waals surface area contributed by atoms with Gasteiger partial charge in [0.25, 0.3) is 0 Å². The quantitative estimate of drug-likeness (QED) is 0.916. The molecule has 0 radical (unpaired) electrons. The number of amides is 1. The number of hydrogen-bond acceptors (Lipinski definition) is 4. The van der Waals surface area contributed by atoms with Crippen LogP contribution in [0.15, 0.2) is 42.7 Å². The molecular formula is C18H20FN3O2. The molecule has 1 aliphatic heterocycles. The van der Waals surface area contributed by atoms with E-state index in [1.165, 1.54) is 12.1 Å². The van der Waals surface area contributed by atoms with Crippen molar-refractivity contribution in [1.82, 2.24) is 9.88 Å². The first-order valence-corrected chi connectivity index (χ1v) is 7.95. The van der Waals surface area contributed by atoms with Gasteiger partial charge in [-0.25, -0.2) is 4.39 Å².